The Morgan fingerprint density at radius 2 is 0.765 bits per heavy atom. The monoisotopic (exact) mass is 722 g/mol. The lowest BCUT2D eigenvalue weighted by Gasteiger charge is -2.71. The molecule has 0 radical (unpaired) electrons. The average molecular weight is 723 g/mol. The molecule has 0 heterocycles. The van der Waals surface area contributed by atoms with Crippen molar-refractivity contribution in [3.63, 3.8) is 0 Å². The fourth-order valence-corrected chi connectivity index (χ4v) is 12.9. The fraction of sp³-hybridized carbons (Fsp3) is 0.850. The van der Waals surface area contributed by atoms with Gasteiger partial charge in [0.05, 0.1) is 33.2 Å². The van der Waals surface area contributed by atoms with Gasteiger partial charge in [-0.15, -0.1) is 13.2 Å². The summed E-state index contributed by atoms with van der Waals surface area (Å²) in [6.07, 6.45) is 10.2. The minimum Gasteiger partial charge on any atom is -0.481 e. The van der Waals surface area contributed by atoms with Gasteiger partial charge in [0.15, 0.2) is 0 Å². The zero-order chi connectivity index (χ0) is 37.9. The molecule has 0 amide bonds. The average Bonchev–Trinajstić information content (AvgIpc) is 3.04. The van der Waals surface area contributed by atoms with E-state index < -0.39 is 67.2 Å². The number of carbonyl (C=O) groups is 2. The predicted octanol–water partition coefficient (Wildman–Crippen LogP) is 4.44. The molecule has 11 heteroatoms. The summed E-state index contributed by atoms with van der Waals surface area (Å²) in [5, 5.41) is 89.6. The van der Waals surface area contributed by atoms with Crippen LogP contribution in [0.5, 0.6) is 0 Å². The number of aliphatic carboxylic acids is 2. The molecule has 6 fully saturated rings. The first-order chi connectivity index (χ1) is 22.7. The Kier molecular flexibility index (Phi) is 9.91. The van der Waals surface area contributed by atoms with Gasteiger partial charge in [0.2, 0.25) is 0 Å². The summed E-state index contributed by atoms with van der Waals surface area (Å²) in [4.78, 5) is 24.1. The van der Waals surface area contributed by atoms with Crippen LogP contribution in [0.3, 0.4) is 0 Å². The van der Waals surface area contributed by atoms with Gasteiger partial charge in [-0.1, -0.05) is 52.7 Å². The van der Waals surface area contributed by atoms with Crippen LogP contribution < -0.4 is 0 Å². The van der Waals surface area contributed by atoms with E-state index in [2.05, 4.69) is 13.2 Å². The van der Waals surface area contributed by atoms with E-state index in [0.717, 1.165) is 0 Å². The van der Waals surface area contributed by atoms with Gasteiger partial charge in [-0.3, -0.25) is 9.59 Å². The highest BCUT2D eigenvalue weighted by Crippen LogP contribution is 2.71. The largest absolute Gasteiger partial charge is 0.481 e. The second-order valence-electron chi connectivity index (χ2n) is 19.2. The maximum absolute atomic E-state index is 12.1. The highest BCUT2D eigenvalue weighted by Gasteiger charge is 2.79. The van der Waals surface area contributed by atoms with Gasteiger partial charge in [-0.25, -0.2) is 0 Å². The van der Waals surface area contributed by atoms with Gasteiger partial charge >= 0.3 is 11.9 Å². The number of hydrogen-bond donors (Lipinski definition) is 8. The molecule has 6 aliphatic carbocycles. The molecule has 6 aliphatic rings. The maximum atomic E-state index is 12.1. The Balaban J connectivity index is 0.000000224. The van der Waals surface area contributed by atoms with Crippen molar-refractivity contribution in [2.24, 2.45) is 32.5 Å². The number of carboxylic acid groups (broad SMARTS) is 2. The molecule has 0 aromatic heterocycles. The van der Waals surface area contributed by atoms with Crippen molar-refractivity contribution in [2.45, 2.75) is 178 Å². The highest BCUT2D eigenvalue weighted by molar-refractivity contribution is 5.77. The van der Waals surface area contributed by atoms with E-state index in [1.54, 1.807) is 27.7 Å². The Morgan fingerprint density at radius 1 is 0.471 bits per heavy atom. The zero-order valence-corrected chi connectivity index (χ0v) is 31.8. The number of fused-ring (bicyclic) bond motifs is 6. The van der Waals surface area contributed by atoms with Gasteiger partial charge in [-0.05, 0) is 115 Å². The van der Waals surface area contributed by atoms with Crippen LogP contribution in [0.1, 0.15) is 144 Å². The van der Waals surface area contributed by atoms with Crippen molar-refractivity contribution in [2.75, 3.05) is 0 Å². The molecule has 0 unspecified atom stereocenters. The third-order valence-corrected chi connectivity index (χ3v) is 17.0. The van der Waals surface area contributed by atoms with E-state index in [1.165, 1.54) is 0 Å². The van der Waals surface area contributed by atoms with E-state index in [4.69, 9.17) is 0 Å². The predicted molar refractivity (Wildman–Crippen MR) is 191 cm³/mol. The molecule has 12 atom stereocenters. The molecule has 0 aromatic rings. The third-order valence-electron chi connectivity index (χ3n) is 17.0. The van der Waals surface area contributed by atoms with E-state index in [-0.39, 0.29) is 42.0 Å². The second kappa shape index (κ2) is 12.1. The Bertz CT molecular complexity index is 1350. The summed E-state index contributed by atoms with van der Waals surface area (Å²) in [6, 6.07) is 0. The van der Waals surface area contributed by atoms with Crippen LogP contribution in [0, 0.1) is 32.5 Å². The molecular weight excluding hydrogens is 656 g/mol. The number of rotatable bonds is 4. The Morgan fingerprint density at radius 3 is 1.04 bits per heavy atom. The lowest BCUT2D eigenvalue weighted by atomic mass is 9.38. The van der Waals surface area contributed by atoms with Crippen LogP contribution in [0.25, 0.3) is 0 Å². The SMILES string of the molecule is C=C[C@]1(C)CC[C@@]2(O)[C@](O)(CC[C@]3(O)[C@]2(C)CCC[C@]3(C)C(=O)O)C1.C=C[C@]1(C)CC[C@@]2(O)[C@](O)(CC[C@]3(O)[C@]2(C)CCC[C@]3(C)C(=O)O)C1.O. The number of aliphatic hydroxyl groups is 6. The first-order valence-electron chi connectivity index (χ1n) is 18.7. The molecule has 0 aliphatic heterocycles. The quantitative estimate of drug-likeness (QED) is 0.190. The van der Waals surface area contributed by atoms with Crippen molar-refractivity contribution in [1.82, 2.24) is 0 Å². The molecule has 11 nitrogen and oxygen atoms in total. The molecule has 6 saturated carbocycles. The van der Waals surface area contributed by atoms with Crippen molar-refractivity contribution < 1.29 is 55.9 Å². The van der Waals surface area contributed by atoms with Gasteiger partial charge in [0, 0.05) is 10.8 Å². The highest BCUT2D eigenvalue weighted by atomic mass is 16.4. The molecular formula is C40H66O11. The Hall–Kier alpha value is -1.86. The van der Waals surface area contributed by atoms with Gasteiger partial charge in [0.1, 0.15) is 11.2 Å². The standard InChI is InChI=1S/2C20H32O5.H2O/c2*1-5-15(2)9-11-20(25)17(4)8-6-7-16(3,14(21)22)19(17,24)12-10-18(20,23)13-15;/h2*5,23-25H,1,6-13H2,2-4H3,(H,21,22);1H2/t2*15-,16-,17+,18+,19-,20+;/m11./s1. The topological polar surface area (TPSA) is 227 Å². The van der Waals surface area contributed by atoms with E-state index >= 15 is 0 Å². The first kappa shape index (κ1) is 41.9. The van der Waals surface area contributed by atoms with Crippen LogP contribution in [0.15, 0.2) is 25.3 Å². The van der Waals surface area contributed by atoms with E-state index in [1.807, 2.05) is 26.0 Å². The molecule has 0 saturated heterocycles. The summed E-state index contributed by atoms with van der Waals surface area (Å²) >= 11 is 0. The molecule has 0 aromatic carbocycles. The fourth-order valence-electron chi connectivity index (χ4n) is 12.9. The molecule has 51 heavy (non-hydrogen) atoms. The summed E-state index contributed by atoms with van der Waals surface area (Å²) in [5.74, 6) is -2.05. The molecule has 292 valence electrons. The first-order valence-corrected chi connectivity index (χ1v) is 18.7. The Labute approximate surface area is 303 Å². The zero-order valence-electron chi connectivity index (χ0n) is 31.8. The van der Waals surface area contributed by atoms with Crippen molar-refractivity contribution in [1.29, 1.82) is 0 Å². The molecule has 6 rings (SSSR count). The number of allylic oxidation sites excluding steroid dienone is 2. The lowest BCUT2D eigenvalue weighted by Crippen LogP contribution is -2.80. The number of hydrogen-bond acceptors (Lipinski definition) is 8. The summed E-state index contributed by atoms with van der Waals surface area (Å²) in [7, 11) is 0. The maximum Gasteiger partial charge on any atom is 0.312 e. The minimum absolute atomic E-state index is 0. The molecule has 0 bridgehead atoms. The van der Waals surface area contributed by atoms with Crippen LogP contribution in [-0.4, -0.2) is 91.9 Å². The summed E-state index contributed by atoms with van der Waals surface area (Å²) in [6.45, 7) is 18.6. The number of carboxylic acids is 2. The lowest BCUT2D eigenvalue weighted by molar-refractivity contribution is -0.347. The summed E-state index contributed by atoms with van der Waals surface area (Å²) < 4.78 is 0. The van der Waals surface area contributed by atoms with Gasteiger partial charge < -0.3 is 46.3 Å². The third kappa shape index (κ3) is 4.93. The van der Waals surface area contributed by atoms with Crippen molar-refractivity contribution in [3.05, 3.63) is 25.3 Å². The second-order valence-corrected chi connectivity index (χ2v) is 19.2. The normalized spacial score (nSPS) is 54.7. The van der Waals surface area contributed by atoms with Crippen LogP contribution >= 0.6 is 0 Å². The molecule has 0 spiro atoms. The van der Waals surface area contributed by atoms with E-state index in [9.17, 15) is 50.4 Å². The van der Waals surface area contributed by atoms with Crippen LogP contribution in [-0.2, 0) is 9.59 Å². The van der Waals surface area contributed by atoms with Crippen molar-refractivity contribution >= 4 is 11.9 Å². The van der Waals surface area contributed by atoms with E-state index in [0.29, 0.717) is 77.0 Å². The van der Waals surface area contributed by atoms with Crippen molar-refractivity contribution in [3.8, 4) is 0 Å². The van der Waals surface area contributed by atoms with Crippen LogP contribution in [0.4, 0.5) is 0 Å². The summed E-state index contributed by atoms with van der Waals surface area (Å²) in [5.41, 5.74) is -14.1. The molecule has 10 N–H and O–H groups in total. The minimum atomic E-state index is -1.55. The van der Waals surface area contributed by atoms with Crippen LogP contribution in [0.2, 0.25) is 0 Å². The van der Waals surface area contributed by atoms with Gasteiger partial charge in [0.25, 0.3) is 0 Å². The van der Waals surface area contributed by atoms with Gasteiger partial charge in [-0.2, -0.15) is 0 Å². The smallest absolute Gasteiger partial charge is 0.312 e.